The first-order valence-corrected chi connectivity index (χ1v) is 9.72. The summed E-state index contributed by atoms with van der Waals surface area (Å²) in [7, 11) is 0. The molecule has 4 rings (SSSR count). The van der Waals surface area contributed by atoms with Gasteiger partial charge in [0.25, 0.3) is 0 Å². The Kier molecular flexibility index (Phi) is 4.06. The van der Waals surface area contributed by atoms with Gasteiger partial charge in [0, 0.05) is 18.0 Å². The minimum absolute atomic E-state index is 0.0894. The van der Waals surface area contributed by atoms with E-state index in [0.717, 1.165) is 36.6 Å². The average molecular weight is 360 g/mol. The Balaban J connectivity index is 1.51. The van der Waals surface area contributed by atoms with Crippen LogP contribution in [0.1, 0.15) is 44.1 Å². The Bertz CT molecular complexity index is 811. The largest absolute Gasteiger partial charge is 0.444 e. The highest BCUT2D eigenvalue weighted by molar-refractivity contribution is 7.19. The fraction of sp³-hybridized carbons (Fsp3) is 0.611. The molecule has 7 heteroatoms. The number of nitrogens with one attached hydrogen (secondary N) is 1. The van der Waals surface area contributed by atoms with Crippen LogP contribution in [0.2, 0.25) is 0 Å². The zero-order valence-electron chi connectivity index (χ0n) is 15.0. The van der Waals surface area contributed by atoms with Gasteiger partial charge < -0.3 is 15.0 Å². The van der Waals surface area contributed by atoms with Crippen LogP contribution in [0.4, 0.5) is 10.6 Å². The predicted octanol–water partition coefficient (Wildman–Crippen LogP) is 3.28. The van der Waals surface area contributed by atoms with E-state index in [4.69, 9.17) is 4.74 Å². The van der Waals surface area contributed by atoms with Gasteiger partial charge in [0.05, 0.1) is 11.4 Å². The van der Waals surface area contributed by atoms with Crippen LogP contribution in [0.25, 0.3) is 10.2 Å². The van der Waals surface area contributed by atoms with Crippen LogP contribution in [-0.2, 0) is 17.6 Å². The molecule has 1 fully saturated rings. The third-order valence-corrected chi connectivity index (χ3v) is 5.89. The summed E-state index contributed by atoms with van der Waals surface area (Å²) in [5.41, 5.74) is 0.970. The summed E-state index contributed by atoms with van der Waals surface area (Å²) in [6.45, 7) is 7.28. The van der Waals surface area contributed by atoms with Crippen LogP contribution < -0.4 is 10.2 Å². The van der Waals surface area contributed by atoms with Crippen molar-refractivity contribution in [1.82, 2.24) is 15.3 Å². The number of hydrogen-bond donors (Lipinski definition) is 1. The van der Waals surface area contributed by atoms with Crippen LogP contribution in [0.5, 0.6) is 0 Å². The number of aryl methyl sites for hydroxylation is 2. The Labute approximate surface area is 151 Å². The lowest BCUT2D eigenvalue weighted by Crippen LogP contribution is -2.40. The van der Waals surface area contributed by atoms with Crippen molar-refractivity contribution in [1.29, 1.82) is 0 Å². The maximum atomic E-state index is 12.0. The van der Waals surface area contributed by atoms with Gasteiger partial charge >= 0.3 is 6.09 Å². The summed E-state index contributed by atoms with van der Waals surface area (Å²) < 4.78 is 5.37. The van der Waals surface area contributed by atoms with Gasteiger partial charge in [-0.2, -0.15) is 0 Å². The molecule has 25 heavy (non-hydrogen) atoms. The Morgan fingerprint density at radius 3 is 3.00 bits per heavy atom. The van der Waals surface area contributed by atoms with Crippen molar-refractivity contribution >= 4 is 33.5 Å². The van der Waals surface area contributed by atoms with Crippen molar-refractivity contribution < 1.29 is 9.53 Å². The van der Waals surface area contributed by atoms with Gasteiger partial charge in [0.2, 0.25) is 0 Å². The lowest BCUT2D eigenvalue weighted by molar-refractivity contribution is 0.0509. The lowest BCUT2D eigenvalue weighted by Gasteiger charge is -2.22. The number of rotatable bonds is 2. The fourth-order valence-corrected chi connectivity index (χ4v) is 4.92. The second-order valence-corrected chi connectivity index (χ2v) is 8.90. The molecular formula is C18H24N4O2S. The third-order valence-electron chi connectivity index (χ3n) is 4.69. The topological polar surface area (TPSA) is 67.3 Å². The molecule has 1 aliphatic heterocycles. The van der Waals surface area contributed by atoms with Crippen molar-refractivity contribution in [2.75, 3.05) is 18.0 Å². The summed E-state index contributed by atoms with van der Waals surface area (Å²) in [6.07, 6.45) is 5.74. The average Bonchev–Trinajstić information content (AvgIpc) is 3.19. The summed E-state index contributed by atoms with van der Waals surface area (Å²) in [6, 6.07) is 0.0894. The molecule has 1 N–H and O–H groups in total. The van der Waals surface area contributed by atoms with E-state index in [1.807, 2.05) is 32.1 Å². The highest BCUT2D eigenvalue weighted by Crippen LogP contribution is 2.40. The van der Waals surface area contributed by atoms with Crippen LogP contribution in [0.3, 0.4) is 0 Å². The number of carbonyl (C=O) groups is 1. The predicted molar refractivity (Wildman–Crippen MR) is 99.4 cm³/mol. The number of amides is 1. The molecule has 0 radical (unpaired) electrons. The quantitative estimate of drug-likeness (QED) is 0.890. The number of aromatic nitrogens is 2. The Morgan fingerprint density at radius 2 is 2.20 bits per heavy atom. The van der Waals surface area contributed by atoms with E-state index in [1.165, 1.54) is 28.7 Å². The number of hydrogen-bond acceptors (Lipinski definition) is 6. The SMILES string of the molecule is CC(C)(C)OC(=O)NC1CCN(c2ncnc3sc4c(c23)CCC4)C1. The number of ether oxygens (including phenoxy) is 1. The molecule has 1 aliphatic carbocycles. The van der Waals surface area contributed by atoms with Gasteiger partial charge in [-0.25, -0.2) is 14.8 Å². The van der Waals surface area contributed by atoms with Gasteiger partial charge in [-0.05, 0) is 52.0 Å². The Morgan fingerprint density at radius 1 is 1.36 bits per heavy atom. The molecule has 1 unspecified atom stereocenters. The van der Waals surface area contributed by atoms with Gasteiger partial charge in [0.1, 0.15) is 22.6 Å². The summed E-state index contributed by atoms with van der Waals surface area (Å²) in [5, 5.41) is 4.22. The van der Waals surface area contributed by atoms with Crippen molar-refractivity contribution in [2.24, 2.45) is 0 Å². The van der Waals surface area contributed by atoms with Crippen molar-refractivity contribution in [2.45, 2.75) is 58.1 Å². The molecule has 2 aromatic heterocycles. The molecule has 1 saturated heterocycles. The van der Waals surface area contributed by atoms with Gasteiger partial charge in [-0.1, -0.05) is 0 Å². The number of fused-ring (bicyclic) bond motifs is 3. The summed E-state index contributed by atoms with van der Waals surface area (Å²) in [5.74, 6) is 1.03. The van der Waals surface area contributed by atoms with Gasteiger partial charge in [-0.3, -0.25) is 0 Å². The normalized spacial score (nSPS) is 20.1. The first-order valence-electron chi connectivity index (χ1n) is 8.90. The minimum Gasteiger partial charge on any atom is -0.444 e. The number of anilines is 1. The summed E-state index contributed by atoms with van der Waals surface area (Å²) >= 11 is 1.81. The zero-order valence-corrected chi connectivity index (χ0v) is 15.8. The standard InChI is InChI=1S/C18H24N4O2S/c1-18(2,3)24-17(23)21-11-7-8-22(9-11)15-14-12-5-4-6-13(12)25-16(14)20-10-19-15/h10-11H,4-9H2,1-3H3,(H,21,23). The van der Waals surface area contributed by atoms with E-state index in [2.05, 4.69) is 20.2 Å². The van der Waals surface area contributed by atoms with E-state index in [-0.39, 0.29) is 12.1 Å². The molecule has 2 aliphatic rings. The van der Waals surface area contributed by atoms with Crippen molar-refractivity contribution in [3.8, 4) is 0 Å². The maximum Gasteiger partial charge on any atom is 0.407 e. The first kappa shape index (κ1) is 16.6. The third kappa shape index (κ3) is 3.29. The second kappa shape index (κ2) is 6.12. The van der Waals surface area contributed by atoms with Crippen LogP contribution in [-0.4, -0.2) is 40.8 Å². The van der Waals surface area contributed by atoms with Crippen LogP contribution >= 0.6 is 11.3 Å². The molecule has 3 heterocycles. The van der Waals surface area contributed by atoms with Crippen LogP contribution in [0.15, 0.2) is 6.33 Å². The second-order valence-electron chi connectivity index (χ2n) is 7.81. The Hall–Kier alpha value is -1.89. The van der Waals surface area contributed by atoms with E-state index in [0.29, 0.717) is 0 Å². The summed E-state index contributed by atoms with van der Waals surface area (Å²) in [4.78, 5) is 25.9. The van der Waals surface area contributed by atoms with Crippen LogP contribution in [0, 0.1) is 0 Å². The first-order chi connectivity index (χ1) is 11.9. The molecule has 1 amide bonds. The van der Waals surface area contributed by atoms with Crippen molar-refractivity contribution in [3.05, 3.63) is 16.8 Å². The highest BCUT2D eigenvalue weighted by Gasteiger charge is 2.30. The van der Waals surface area contributed by atoms with E-state index in [9.17, 15) is 4.79 Å². The van der Waals surface area contributed by atoms with Gasteiger partial charge in [0.15, 0.2) is 0 Å². The van der Waals surface area contributed by atoms with Gasteiger partial charge in [-0.15, -0.1) is 11.3 Å². The number of nitrogens with zero attached hydrogens (tertiary/aromatic N) is 3. The van der Waals surface area contributed by atoms with E-state index >= 15 is 0 Å². The van der Waals surface area contributed by atoms with E-state index in [1.54, 1.807) is 6.33 Å². The fourth-order valence-electron chi connectivity index (χ4n) is 3.70. The number of alkyl carbamates (subject to hydrolysis) is 1. The lowest BCUT2D eigenvalue weighted by atomic mass is 10.2. The van der Waals surface area contributed by atoms with E-state index < -0.39 is 5.60 Å². The molecular weight excluding hydrogens is 336 g/mol. The molecule has 2 aromatic rings. The molecule has 0 bridgehead atoms. The molecule has 0 aromatic carbocycles. The molecule has 1 atom stereocenters. The minimum atomic E-state index is -0.474. The maximum absolute atomic E-state index is 12.0. The molecule has 0 saturated carbocycles. The smallest absolute Gasteiger partial charge is 0.407 e. The molecule has 134 valence electrons. The zero-order chi connectivity index (χ0) is 17.6. The highest BCUT2D eigenvalue weighted by atomic mass is 32.1. The molecule has 6 nitrogen and oxygen atoms in total. The number of thiophene rings is 1. The van der Waals surface area contributed by atoms with Crippen molar-refractivity contribution in [3.63, 3.8) is 0 Å². The monoisotopic (exact) mass is 360 g/mol. The number of carbonyl (C=O) groups excluding carboxylic acids is 1. The molecule has 0 spiro atoms.